The van der Waals surface area contributed by atoms with E-state index in [0.717, 1.165) is 60.4 Å². The molecule has 6 rings (SSSR count). The van der Waals surface area contributed by atoms with Crippen LogP contribution in [0.1, 0.15) is 30.6 Å². The largest absolute Gasteiger partial charge is 0.442 e. The van der Waals surface area contributed by atoms with E-state index in [9.17, 15) is 4.39 Å². The third kappa shape index (κ3) is 3.82. The second-order valence-corrected chi connectivity index (χ2v) is 9.40. The Balaban J connectivity index is 1.24. The van der Waals surface area contributed by atoms with Crippen LogP contribution in [0.3, 0.4) is 0 Å². The Hall–Kier alpha value is -3.13. The summed E-state index contributed by atoms with van der Waals surface area (Å²) in [4.78, 5) is 13.5. The van der Waals surface area contributed by atoms with Gasteiger partial charge in [0.05, 0.1) is 6.54 Å². The van der Waals surface area contributed by atoms with Crippen LogP contribution in [0, 0.1) is 0 Å². The summed E-state index contributed by atoms with van der Waals surface area (Å²) in [5, 5.41) is 4.46. The highest BCUT2D eigenvalue weighted by atomic mass is 19.1. The highest BCUT2D eigenvalue weighted by Gasteiger charge is 2.26. The molecule has 1 N–H and O–H groups in total. The van der Waals surface area contributed by atoms with Crippen LogP contribution in [-0.4, -0.2) is 54.3 Å². The number of benzene rings is 1. The summed E-state index contributed by atoms with van der Waals surface area (Å²) in [6, 6.07) is 10.9. The Morgan fingerprint density at radius 3 is 2.88 bits per heavy atom. The average molecular weight is 450 g/mol. The molecule has 4 aromatic rings. The molecule has 7 nitrogen and oxygen atoms in total. The number of fused-ring (bicyclic) bond motifs is 4. The molecule has 1 unspecified atom stereocenters. The number of nitrogens with one attached hydrogen (secondary N) is 1. The fourth-order valence-electron chi connectivity index (χ4n) is 5.02. The van der Waals surface area contributed by atoms with Crippen molar-refractivity contribution in [2.45, 2.75) is 44.3 Å². The molecular formula is C25H28FN5O2. The van der Waals surface area contributed by atoms with Gasteiger partial charge >= 0.3 is 0 Å². The number of alkyl halides is 1. The zero-order valence-corrected chi connectivity index (χ0v) is 19.0. The number of aromatic nitrogens is 2. The van der Waals surface area contributed by atoms with Crippen LogP contribution in [0.4, 0.5) is 21.9 Å². The van der Waals surface area contributed by atoms with Gasteiger partial charge in [0.25, 0.3) is 6.01 Å². The third-order valence-corrected chi connectivity index (χ3v) is 6.90. The van der Waals surface area contributed by atoms with Gasteiger partial charge in [0.15, 0.2) is 5.58 Å². The van der Waals surface area contributed by atoms with Crippen LogP contribution in [0.15, 0.2) is 39.2 Å². The van der Waals surface area contributed by atoms with Gasteiger partial charge in [-0.25, -0.2) is 4.39 Å². The van der Waals surface area contributed by atoms with Gasteiger partial charge in [-0.15, -0.1) is 0 Å². The fraction of sp³-hybridized carbons (Fsp3) is 0.440. The van der Waals surface area contributed by atoms with Gasteiger partial charge in [-0.3, -0.25) is 0 Å². The maximum Gasteiger partial charge on any atom is 0.298 e. The van der Waals surface area contributed by atoms with Crippen molar-refractivity contribution in [3.8, 4) is 0 Å². The van der Waals surface area contributed by atoms with E-state index < -0.39 is 6.17 Å². The molecule has 33 heavy (non-hydrogen) atoms. The monoisotopic (exact) mass is 449 g/mol. The number of furan rings is 1. The quantitative estimate of drug-likeness (QED) is 0.466. The highest BCUT2D eigenvalue weighted by Crippen LogP contribution is 2.34. The normalized spacial score (nSPS) is 21.2. The van der Waals surface area contributed by atoms with Crippen molar-refractivity contribution in [3.05, 3.63) is 41.7 Å². The zero-order chi connectivity index (χ0) is 22.5. The molecule has 172 valence electrons. The molecule has 0 amide bonds. The Morgan fingerprint density at radius 2 is 2.03 bits per heavy atom. The maximum atomic E-state index is 13.8. The van der Waals surface area contributed by atoms with E-state index in [2.05, 4.69) is 35.4 Å². The molecule has 1 saturated heterocycles. The fourth-order valence-corrected chi connectivity index (χ4v) is 5.02. The Kier molecular flexibility index (Phi) is 4.98. The van der Waals surface area contributed by atoms with E-state index in [4.69, 9.17) is 13.8 Å². The van der Waals surface area contributed by atoms with Crippen LogP contribution in [0.5, 0.6) is 0 Å². The molecule has 0 saturated carbocycles. The summed E-state index contributed by atoms with van der Waals surface area (Å²) in [6.07, 6.45) is 3.64. The lowest BCUT2D eigenvalue weighted by atomic mass is 9.91. The number of anilines is 3. The van der Waals surface area contributed by atoms with Gasteiger partial charge < -0.3 is 24.0 Å². The van der Waals surface area contributed by atoms with Gasteiger partial charge in [-0.1, -0.05) is 0 Å². The minimum atomic E-state index is -0.826. The van der Waals surface area contributed by atoms with Crippen molar-refractivity contribution in [3.63, 3.8) is 0 Å². The van der Waals surface area contributed by atoms with Gasteiger partial charge in [0.1, 0.15) is 23.3 Å². The van der Waals surface area contributed by atoms with Crippen LogP contribution < -0.4 is 10.2 Å². The molecule has 1 aliphatic carbocycles. The number of pyridine rings is 1. The third-order valence-electron chi connectivity index (χ3n) is 6.90. The summed E-state index contributed by atoms with van der Waals surface area (Å²) in [7, 11) is 4.27. The number of aryl methyl sites for hydroxylation is 1. The molecule has 0 spiro atoms. The second kappa shape index (κ2) is 8.02. The topological polar surface area (TPSA) is 70.6 Å². The molecular weight excluding hydrogens is 421 g/mol. The molecule has 3 aromatic heterocycles. The van der Waals surface area contributed by atoms with E-state index in [-0.39, 0.29) is 0 Å². The summed E-state index contributed by atoms with van der Waals surface area (Å²) in [5.41, 5.74) is 4.26. The number of hydrogen-bond donors (Lipinski definition) is 1. The summed E-state index contributed by atoms with van der Waals surface area (Å²) in [6.45, 7) is 1.11. The molecule has 1 aliphatic heterocycles. The van der Waals surface area contributed by atoms with Crippen molar-refractivity contribution in [2.75, 3.05) is 37.4 Å². The molecule has 0 bridgehead atoms. The van der Waals surface area contributed by atoms with E-state index in [1.165, 1.54) is 5.56 Å². The maximum absolute atomic E-state index is 13.8. The van der Waals surface area contributed by atoms with Crippen LogP contribution in [0.25, 0.3) is 22.2 Å². The molecule has 1 aromatic carbocycles. The molecule has 2 atom stereocenters. The minimum Gasteiger partial charge on any atom is -0.442 e. The van der Waals surface area contributed by atoms with E-state index in [0.29, 0.717) is 36.3 Å². The Labute approximate surface area is 191 Å². The molecule has 4 heterocycles. The number of halogens is 1. The predicted molar refractivity (Wildman–Crippen MR) is 127 cm³/mol. The van der Waals surface area contributed by atoms with Gasteiger partial charge in [0.2, 0.25) is 5.71 Å². The van der Waals surface area contributed by atoms with Crippen LogP contribution >= 0.6 is 0 Å². The standard InChI is InChI=1S/C25H28FN5O2/c1-30(2)17-6-9-21-19(13-17)18-7-10-23(29-24(18)32-21)27-16-5-8-22-20(12-16)28-25(33-22)31-11-3-4-15(26)14-31/h5,7-8,10,12,15,17H,3-4,6,9,11,13-14H2,1-2H3,(H,27,29)/t15-,17?/m1/s1. The lowest BCUT2D eigenvalue weighted by molar-refractivity contribution is 0.260. The van der Waals surface area contributed by atoms with Crippen molar-refractivity contribution in [1.29, 1.82) is 0 Å². The first kappa shape index (κ1) is 20.5. The number of piperidine rings is 1. The number of oxazole rings is 1. The predicted octanol–water partition coefficient (Wildman–Crippen LogP) is 5.07. The molecule has 1 fully saturated rings. The Bertz CT molecular complexity index is 1310. The summed E-state index contributed by atoms with van der Waals surface area (Å²) < 4.78 is 25.8. The smallest absolute Gasteiger partial charge is 0.298 e. The van der Waals surface area contributed by atoms with Crippen molar-refractivity contribution >= 4 is 39.7 Å². The number of likely N-dealkylation sites (N-methyl/N-ethyl adjacent to an activating group) is 1. The minimum absolute atomic E-state index is 0.338. The van der Waals surface area contributed by atoms with Crippen LogP contribution in [-0.2, 0) is 12.8 Å². The van der Waals surface area contributed by atoms with Crippen molar-refractivity contribution in [2.24, 2.45) is 0 Å². The first-order valence-electron chi connectivity index (χ1n) is 11.7. The first-order chi connectivity index (χ1) is 16.0. The van der Waals surface area contributed by atoms with E-state index in [1.807, 2.05) is 29.2 Å². The summed E-state index contributed by atoms with van der Waals surface area (Å²) in [5.74, 6) is 1.79. The highest BCUT2D eigenvalue weighted by molar-refractivity contribution is 5.83. The Morgan fingerprint density at radius 1 is 1.12 bits per heavy atom. The van der Waals surface area contributed by atoms with Gasteiger partial charge in [-0.2, -0.15) is 9.97 Å². The number of nitrogens with zero attached hydrogens (tertiary/aromatic N) is 4. The SMILES string of the molecule is CN(C)C1CCc2oc3nc(Nc4ccc5oc(N6CCC[C@@H](F)C6)nc5c4)ccc3c2C1. The first-order valence-corrected chi connectivity index (χ1v) is 11.7. The van der Waals surface area contributed by atoms with Crippen LogP contribution in [0.2, 0.25) is 0 Å². The molecule has 2 aliphatic rings. The average Bonchev–Trinajstić information content (AvgIpc) is 3.39. The van der Waals surface area contributed by atoms with E-state index >= 15 is 0 Å². The lowest BCUT2D eigenvalue weighted by Crippen LogP contribution is -2.36. The second-order valence-electron chi connectivity index (χ2n) is 9.40. The molecule has 8 heteroatoms. The van der Waals surface area contributed by atoms with Gasteiger partial charge in [-0.05, 0) is 70.1 Å². The number of rotatable bonds is 4. The summed E-state index contributed by atoms with van der Waals surface area (Å²) >= 11 is 0. The van der Waals surface area contributed by atoms with Crippen molar-refractivity contribution < 1.29 is 13.2 Å². The zero-order valence-electron chi connectivity index (χ0n) is 19.0. The number of hydrogen-bond acceptors (Lipinski definition) is 7. The molecule has 0 radical (unpaired) electrons. The van der Waals surface area contributed by atoms with Crippen molar-refractivity contribution in [1.82, 2.24) is 14.9 Å². The van der Waals surface area contributed by atoms with Gasteiger partial charge in [0, 0.05) is 35.6 Å². The van der Waals surface area contributed by atoms with E-state index in [1.54, 1.807) is 0 Å². The lowest BCUT2D eigenvalue weighted by Gasteiger charge is -2.27.